The van der Waals surface area contributed by atoms with Crippen LogP contribution in [-0.4, -0.2) is 24.7 Å². The van der Waals surface area contributed by atoms with E-state index in [1.165, 1.54) is 0 Å². The van der Waals surface area contributed by atoms with Crippen LogP contribution in [0.4, 0.5) is 5.82 Å². The second-order valence-corrected chi connectivity index (χ2v) is 2.67. The molecule has 0 spiro atoms. The van der Waals surface area contributed by atoms with Crippen molar-refractivity contribution < 1.29 is 9.55 Å². The summed E-state index contributed by atoms with van der Waals surface area (Å²) < 4.78 is 5.03. The molecule has 4 nitrogen and oxygen atoms in total. The van der Waals surface area contributed by atoms with E-state index in [4.69, 9.17) is 9.55 Å². The van der Waals surface area contributed by atoms with Crippen LogP contribution in [0.3, 0.4) is 0 Å². The van der Waals surface area contributed by atoms with Gasteiger partial charge in [-0.1, -0.05) is 22.8 Å². The van der Waals surface area contributed by atoms with Crippen molar-refractivity contribution in [2.45, 2.75) is 0 Å². The topological polar surface area (TPSA) is 58.3 Å². The van der Waals surface area contributed by atoms with Crippen LogP contribution >= 0.6 is 0 Å². The van der Waals surface area contributed by atoms with Crippen molar-refractivity contribution in [2.24, 2.45) is 0 Å². The van der Waals surface area contributed by atoms with Crippen LogP contribution in [0.1, 0.15) is 0 Å². The lowest BCUT2D eigenvalue weighted by molar-refractivity contribution is 0.460. The lowest BCUT2D eigenvalue weighted by Gasteiger charge is -1.94. The average Bonchev–Trinajstić information content (AvgIpc) is 2.59. The Morgan fingerprint density at radius 1 is 1.54 bits per heavy atom. The molecule has 1 radical (unpaired) electrons. The molecule has 0 aliphatic rings. The zero-order valence-electron chi connectivity index (χ0n) is 7.11. The van der Waals surface area contributed by atoms with E-state index in [0.717, 1.165) is 18.3 Å². The Morgan fingerprint density at radius 3 is 3.08 bits per heavy atom. The number of hydrogen-bond donors (Lipinski definition) is 2. The monoisotopic (exact) mass is 175 g/mol. The lowest BCUT2D eigenvalue weighted by atomic mass is 9.88. The highest BCUT2D eigenvalue weighted by atomic mass is 16.5. The van der Waals surface area contributed by atoms with E-state index in [-0.39, 0.29) is 0 Å². The minimum Gasteiger partial charge on any atom is -0.450 e. The van der Waals surface area contributed by atoms with E-state index in [2.05, 4.69) is 10.5 Å². The van der Waals surface area contributed by atoms with E-state index in [9.17, 15) is 0 Å². The first-order valence-corrected chi connectivity index (χ1v) is 3.90. The maximum atomic E-state index is 8.80. The quantitative estimate of drug-likeness (QED) is 0.635. The standard InChI is InChI=1S/C8H8BN2O2/c1-10-8-6-4-5(9-12)2-3-7(6)13-11-8/h2-4,12H,1H3,(H,10,11). The lowest BCUT2D eigenvalue weighted by Crippen LogP contribution is -2.12. The van der Waals surface area contributed by atoms with E-state index in [0.29, 0.717) is 11.4 Å². The highest BCUT2D eigenvalue weighted by molar-refractivity contribution is 6.46. The molecule has 1 heterocycles. The largest absolute Gasteiger partial charge is 0.450 e. The van der Waals surface area contributed by atoms with Crippen molar-refractivity contribution in [3.8, 4) is 0 Å². The van der Waals surface area contributed by atoms with Gasteiger partial charge in [0.2, 0.25) is 0 Å². The molecule has 0 bridgehead atoms. The smallest absolute Gasteiger partial charge is 0.326 e. The summed E-state index contributed by atoms with van der Waals surface area (Å²) >= 11 is 0. The van der Waals surface area contributed by atoms with Crippen molar-refractivity contribution in [3.05, 3.63) is 18.2 Å². The Labute approximate surface area is 75.8 Å². The van der Waals surface area contributed by atoms with Crippen LogP contribution in [-0.2, 0) is 0 Å². The van der Waals surface area contributed by atoms with E-state index < -0.39 is 0 Å². The van der Waals surface area contributed by atoms with Gasteiger partial charge in [0.1, 0.15) is 0 Å². The van der Waals surface area contributed by atoms with Gasteiger partial charge in [0, 0.05) is 7.05 Å². The zero-order valence-corrected chi connectivity index (χ0v) is 7.11. The molecule has 2 rings (SSSR count). The molecule has 0 atom stereocenters. The van der Waals surface area contributed by atoms with Gasteiger partial charge in [-0.25, -0.2) is 0 Å². The molecule has 0 saturated carbocycles. The first kappa shape index (κ1) is 8.13. The van der Waals surface area contributed by atoms with Crippen LogP contribution in [0.15, 0.2) is 22.7 Å². The fourth-order valence-electron chi connectivity index (χ4n) is 1.22. The van der Waals surface area contributed by atoms with E-state index in [1.54, 1.807) is 25.2 Å². The van der Waals surface area contributed by atoms with Crippen LogP contribution in [0.5, 0.6) is 0 Å². The van der Waals surface area contributed by atoms with Gasteiger partial charge < -0.3 is 14.9 Å². The highest BCUT2D eigenvalue weighted by Gasteiger charge is 2.06. The number of rotatable bonds is 2. The molecule has 0 amide bonds. The number of anilines is 1. The second kappa shape index (κ2) is 3.10. The summed E-state index contributed by atoms with van der Waals surface area (Å²) in [6.45, 7) is 0. The zero-order chi connectivity index (χ0) is 9.26. The van der Waals surface area contributed by atoms with Gasteiger partial charge in [0.25, 0.3) is 0 Å². The molecular weight excluding hydrogens is 167 g/mol. The fourth-order valence-corrected chi connectivity index (χ4v) is 1.22. The molecule has 65 valence electrons. The maximum absolute atomic E-state index is 8.80. The first-order valence-electron chi connectivity index (χ1n) is 3.90. The number of nitrogens with zero attached hydrogens (tertiary/aromatic N) is 1. The normalized spacial score (nSPS) is 10.3. The summed E-state index contributed by atoms with van der Waals surface area (Å²) in [5, 5.41) is 16.4. The Balaban J connectivity index is 2.64. The fraction of sp³-hybridized carbons (Fsp3) is 0.125. The number of hydrogen-bond acceptors (Lipinski definition) is 4. The molecule has 5 heteroatoms. The molecule has 1 aromatic carbocycles. The molecule has 2 aromatic rings. The number of benzene rings is 1. The third-order valence-electron chi connectivity index (χ3n) is 1.88. The third kappa shape index (κ3) is 1.27. The van der Waals surface area contributed by atoms with Gasteiger partial charge in [0.05, 0.1) is 5.39 Å². The van der Waals surface area contributed by atoms with Gasteiger partial charge in [0.15, 0.2) is 11.4 Å². The molecule has 0 aliphatic carbocycles. The molecule has 0 unspecified atom stereocenters. The second-order valence-electron chi connectivity index (χ2n) is 2.67. The molecule has 0 fully saturated rings. The summed E-state index contributed by atoms with van der Waals surface area (Å²) in [6.07, 6.45) is 0. The van der Waals surface area contributed by atoms with Crippen molar-refractivity contribution in [1.29, 1.82) is 0 Å². The third-order valence-corrected chi connectivity index (χ3v) is 1.88. The van der Waals surface area contributed by atoms with Gasteiger partial charge in [-0.2, -0.15) is 0 Å². The molecule has 0 aliphatic heterocycles. The van der Waals surface area contributed by atoms with Gasteiger partial charge in [-0.3, -0.25) is 0 Å². The minimum absolute atomic E-state index is 0.679. The summed E-state index contributed by atoms with van der Waals surface area (Å²) in [7, 11) is 2.82. The minimum atomic E-state index is 0.679. The predicted molar refractivity (Wildman–Crippen MR) is 51.2 cm³/mol. The average molecular weight is 175 g/mol. The Kier molecular flexibility index (Phi) is 1.94. The molecular formula is C8H8BN2O2. The summed E-state index contributed by atoms with van der Waals surface area (Å²) in [5.74, 6) is 0.679. The van der Waals surface area contributed by atoms with E-state index >= 15 is 0 Å². The van der Waals surface area contributed by atoms with Crippen molar-refractivity contribution in [2.75, 3.05) is 12.4 Å². The van der Waals surface area contributed by atoms with Gasteiger partial charge in [-0.15, -0.1) is 0 Å². The van der Waals surface area contributed by atoms with Crippen molar-refractivity contribution in [3.63, 3.8) is 0 Å². The van der Waals surface area contributed by atoms with Crippen LogP contribution < -0.4 is 10.8 Å². The Bertz CT molecular complexity index is 427. The summed E-state index contributed by atoms with van der Waals surface area (Å²) in [6, 6.07) is 5.33. The highest BCUT2D eigenvalue weighted by Crippen LogP contribution is 2.20. The maximum Gasteiger partial charge on any atom is 0.326 e. The Morgan fingerprint density at radius 2 is 2.38 bits per heavy atom. The number of fused-ring (bicyclic) bond motifs is 1. The summed E-state index contributed by atoms with van der Waals surface area (Å²) in [5.41, 5.74) is 1.43. The Hall–Kier alpha value is -1.49. The van der Waals surface area contributed by atoms with E-state index in [1.807, 2.05) is 0 Å². The molecule has 1 aromatic heterocycles. The van der Waals surface area contributed by atoms with Crippen molar-refractivity contribution in [1.82, 2.24) is 5.16 Å². The number of aromatic nitrogens is 1. The van der Waals surface area contributed by atoms with Gasteiger partial charge >= 0.3 is 7.48 Å². The van der Waals surface area contributed by atoms with Gasteiger partial charge in [-0.05, 0) is 6.07 Å². The van der Waals surface area contributed by atoms with Crippen LogP contribution in [0, 0.1) is 0 Å². The SMILES string of the molecule is CNc1noc2ccc([B]O)cc12. The molecule has 0 saturated heterocycles. The number of nitrogens with one attached hydrogen (secondary N) is 1. The van der Waals surface area contributed by atoms with Crippen LogP contribution in [0.25, 0.3) is 11.0 Å². The predicted octanol–water partition coefficient (Wildman–Crippen LogP) is 0.106. The summed E-state index contributed by atoms with van der Waals surface area (Å²) in [4.78, 5) is 0. The van der Waals surface area contributed by atoms with Crippen LogP contribution in [0.2, 0.25) is 0 Å². The van der Waals surface area contributed by atoms with Crippen molar-refractivity contribution >= 4 is 29.7 Å². The molecule has 13 heavy (non-hydrogen) atoms. The first-order chi connectivity index (χ1) is 6.35. The molecule has 2 N–H and O–H groups in total.